The van der Waals surface area contributed by atoms with Gasteiger partial charge in [0, 0.05) is 30.9 Å². The van der Waals surface area contributed by atoms with Gasteiger partial charge >= 0.3 is 5.69 Å². The van der Waals surface area contributed by atoms with Crippen molar-refractivity contribution in [2.45, 2.75) is 13.3 Å². The molecule has 0 aliphatic rings. The van der Waals surface area contributed by atoms with Crippen LogP contribution in [0.1, 0.15) is 12.7 Å². The van der Waals surface area contributed by atoms with Crippen molar-refractivity contribution in [3.63, 3.8) is 0 Å². The zero-order valence-corrected chi connectivity index (χ0v) is 9.43. The number of nitro groups is 1. The molecule has 0 amide bonds. The fourth-order valence-corrected chi connectivity index (χ4v) is 1.73. The van der Waals surface area contributed by atoms with E-state index in [0.29, 0.717) is 18.3 Å². The highest BCUT2D eigenvalue weighted by molar-refractivity contribution is 5.54. The van der Waals surface area contributed by atoms with Crippen LogP contribution >= 0.6 is 0 Å². The van der Waals surface area contributed by atoms with Gasteiger partial charge < -0.3 is 0 Å². The summed E-state index contributed by atoms with van der Waals surface area (Å²) in [6, 6.07) is 1.41. The minimum atomic E-state index is -1.20. The number of hydrogen-bond donors (Lipinski definition) is 0. The molecule has 2 aromatic rings. The van der Waals surface area contributed by atoms with Gasteiger partial charge in [0.25, 0.3) is 0 Å². The van der Waals surface area contributed by atoms with Crippen LogP contribution in [-0.4, -0.2) is 14.5 Å². The number of rotatable bonds is 3. The molecule has 1 aromatic carbocycles. The number of aromatic nitrogens is 2. The van der Waals surface area contributed by atoms with Crippen molar-refractivity contribution in [2.75, 3.05) is 0 Å². The van der Waals surface area contributed by atoms with Gasteiger partial charge in [-0.25, -0.2) is 9.37 Å². The molecule has 0 fully saturated rings. The Morgan fingerprint density at radius 1 is 1.44 bits per heavy atom. The second-order valence-corrected chi connectivity index (χ2v) is 3.58. The molecule has 0 saturated carbocycles. The molecule has 18 heavy (non-hydrogen) atoms. The summed E-state index contributed by atoms with van der Waals surface area (Å²) in [7, 11) is 0. The number of halogens is 2. The molecule has 0 bridgehead atoms. The van der Waals surface area contributed by atoms with Crippen molar-refractivity contribution >= 4 is 5.69 Å². The summed E-state index contributed by atoms with van der Waals surface area (Å²) >= 11 is 0. The van der Waals surface area contributed by atoms with Crippen molar-refractivity contribution in [2.24, 2.45) is 0 Å². The van der Waals surface area contributed by atoms with Crippen LogP contribution < -0.4 is 0 Å². The van der Waals surface area contributed by atoms with Crippen LogP contribution in [0.2, 0.25) is 0 Å². The normalized spacial score (nSPS) is 10.6. The summed E-state index contributed by atoms with van der Waals surface area (Å²) in [6.07, 6.45) is 3.34. The lowest BCUT2D eigenvalue weighted by Gasteiger charge is -2.08. The predicted molar refractivity (Wildman–Crippen MR) is 59.5 cm³/mol. The third-order valence-corrected chi connectivity index (χ3v) is 2.48. The van der Waals surface area contributed by atoms with Crippen LogP contribution in [0.25, 0.3) is 5.69 Å². The minimum Gasteiger partial charge on any atom is -0.297 e. The number of imidazole rings is 1. The van der Waals surface area contributed by atoms with Crippen molar-refractivity contribution in [3.8, 4) is 5.69 Å². The molecule has 2 rings (SSSR count). The fourth-order valence-electron chi connectivity index (χ4n) is 1.73. The maximum absolute atomic E-state index is 13.5. The molecule has 0 aliphatic carbocycles. The highest BCUT2D eigenvalue weighted by atomic mass is 19.1. The average molecular weight is 253 g/mol. The molecule has 0 spiro atoms. The average Bonchev–Trinajstić information content (AvgIpc) is 2.74. The van der Waals surface area contributed by atoms with Gasteiger partial charge in [-0.15, -0.1) is 0 Å². The first-order valence-electron chi connectivity index (χ1n) is 5.20. The van der Waals surface area contributed by atoms with E-state index in [1.807, 2.05) is 0 Å². The maximum atomic E-state index is 13.5. The van der Waals surface area contributed by atoms with Crippen molar-refractivity contribution < 1.29 is 13.7 Å². The molecule has 5 nitrogen and oxygen atoms in total. The van der Waals surface area contributed by atoms with Gasteiger partial charge in [0.1, 0.15) is 17.3 Å². The van der Waals surface area contributed by atoms with Crippen molar-refractivity contribution in [1.29, 1.82) is 0 Å². The molecular formula is C11H9F2N3O2. The number of nitrogens with zero attached hydrogens (tertiary/aromatic N) is 3. The molecule has 94 valence electrons. The zero-order chi connectivity index (χ0) is 13.3. The van der Waals surface area contributed by atoms with Gasteiger partial charge in [0.15, 0.2) is 0 Å². The Morgan fingerprint density at radius 3 is 2.78 bits per heavy atom. The summed E-state index contributed by atoms with van der Waals surface area (Å²) in [4.78, 5) is 14.0. The first-order chi connectivity index (χ1) is 8.54. The molecule has 7 heteroatoms. The predicted octanol–water partition coefficient (Wildman–Crippen LogP) is 2.62. The van der Waals surface area contributed by atoms with E-state index >= 15 is 0 Å². The summed E-state index contributed by atoms with van der Waals surface area (Å²) < 4.78 is 28.0. The topological polar surface area (TPSA) is 61.0 Å². The van der Waals surface area contributed by atoms with Gasteiger partial charge in [0.05, 0.1) is 4.92 Å². The van der Waals surface area contributed by atoms with Crippen LogP contribution in [0, 0.1) is 21.7 Å². The lowest BCUT2D eigenvalue weighted by atomic mass is 10.2. The number of benzene rings is 1. The summed E-state index contributed by atoms with van der Waals surface area (Å²) in [5.74, 6) is -1.59. The molecule has 0 atom stereocenters. The standard InChI is InChI=1S/C11H9F2N3O2/c1-2-10-14-3-4-15(10)9-6-7(12)5-8(13)11(9)16(17)18/h3-6H,2H2,1H3. The van der Waals surface area contributed by atoms with E-state index < -0.39 is 22.2 Å². The molecule has 1 heterocycles. The Bertz CT molecular complexity index is 610. The maximum Gasteiger partial charge on any atom is 0.328 e. The number of aryl methyl sites for hydroxylation is 1. The van der Waals surface area contributed by atoms with Gasteiger partial charge in [-0.3, -0.25) is 14.7 Å². The Kier molecular flexibility index (Phi) is 3.05. The van der Waals surface area contributed by atoms with E-state index in [-0.39, 0.29) is 5.69 Å². The molecular weight excluding hydrogens is 244 g/mol. The highest BCUT2D eigenvalue weighted by Gasteiger charge is 2.24. The Balaban J connectivity index is 2.73. The largest absolute Gasteiger partial charge is 0.328 e. The number of hydrogen-bond acceptors (Lipinski definition) is 3. The zero-order valence-electron chi connectivity index (χ0n) is 9.43. The van der Waals surface area contributed by atoms with Crippen LogP contribution in [0.4, 0.5) is 14.5 Å². The molecule has 0 unspecified atom stereocenters. The van der Waals surface area contributed by atoms with E-state index in [1.54, 1.807) is 6.92 Å². The van der Waals surface area contributed by atoms with Crippen LogP contribution in [0.5, 0.6) is 0 Å². The molecule has 0 N–H and O–H groups in total. The van der Waals surface area contributed by atoms with Crippen LogP contribution in [-0.2, 0) is 6.42 Å². The van der Waals surface area contributed by atoms with E-state index in [1.165, 1.54) is 17.0 Å². The molecule has 0 saturated heterocycles. The van der Waals surface area contributed by atoms with Gasteiger partial charge in [-0.1, -0.05) is 6.92 Å². The number of nitro benzene ring substituents is 1. The lowest BCUT2D eigenvalue weighted by molar-refractivity contribution is -0.387. The lowest BCUT2D eigenvalue weighted by Crippen LogP contribution is -2.05. The Labute approximate surface area is 101 Å². The first-order valence-corrected chi connectivity index (χ1v) is 5.20. The SMILES string of the molecule is CCc1nccn1-c1cc(F)cc(F)c1[N+](=O)[O-]. The van der Waals surface area contributed by atoms with E-state index in [2.05, 4.69) is 4.98 Å². The van der Waals surface area contributed by atoms with Crippen LogP contribution in [0.15, 0.2) is 24.5 Å². The summed E-state index contributed by atoms with van der Waals surface area (Å²) in [5.41, 5.74) is -0.920. The third-order valence-electron chi connectivity index (χ3n) is 2.48. The Morgan fingerprint density at radius 2 is 2.17 bits per heavy atom. The summed E-state index contributed by atoms with van der Waals surface area (Å²) in [6.45, 7) is 1.79. The van der Waals surface area contributed by atoms with Crippen molar-refractivity contribution in [1.82, 2.24) is 9.55 Å². The van der Waals surface area contributed by atoms with Crippen molar-refractivity contribution in [3.05, 3.63) is 52.1 Å². The van der Waals surface area contributed by atoms with E-state index in [4.69, 9.17) is 0 Å². The molecule has 0 aliphatic heterocycles. The van der Waals surface area contributed by atoms with Crippen LogP contribution in [0.3, 0.4) is 0 Å². The second-order valence-electron chi connectivity index (χ2n) is 3.58. The third kappa shape index (κ3) is 1.94. The fraction of sp³-hybridized carbons (Fsp3) is 0.182. The minimum absolute atomic E-state index is 0.160. The quantitative estimate of drug-likeness (QED) is 0.624. The van der Waals surface area contributed by atoms with Gasteiger partial charge in [0.2, 0.25) is 5.82 Å². The molecule has 0 radical (unpaired) electrons. The second kappa shape index (κ2) is 4.52. The first kappa shape index (κ1) is 12.2. The van der Waals surface area contributed by atoms with E-state index in [9.17, 15) is 18.9 Å². The smallest absolute Gasteiger partial charge is 0.297 e. The van der Waals surface area contributed by atoms with Gasteiger partial charge in [-0.2, -0.15) is 4.39 Å². The Hall–Kier alpha value is -2.31. The highest BCUT2D eigenvalue weighted by Crippen LogP contribution is 2.28. The van der Waals surface area contributed by atoms with E-state index in [0.717, 1.165) is 6.07 Å². The molecule has 1 aromatic heterocycles. The summed E-state index contributed by atoms with van der Waals surface area (Å²) in [5, 5.41) is 10.9. The monoisotopic (exact) mass is 253 g/mol. The van der Waals surface area contributed by atoms with Gasteiger partial charge in [-0.05, 0) is 0 Å².